The number of thiazole rings is 1. The van der Waals surface area contributed by atoms with Crippen LogP contribution in [0.5, 0.6) is 0 Å². The Labute approximate surface area is 211 Å². The maximum absolute atomic E-state index is 13.8. The highest BCUT2D eigenvalue weighted by Crippen LogP contribution is 2.54. The number of anilines is 1. The highest BCUT2D eigenvalue weighted by Gasteiger charge is 2.71. The average molecular weight is 528 g/mol. The summed E-state index contributed by atoms with van der Waals surface area (Å²) in [5, 5.41) is 25.6. The summed E-state index contributed by atoms with van der Waals surface area (Å²) >= 11 is 2.18. The maximum atomic E-state index is 13.8. The zero-order valence-electron chi connectivity index (χ0n) is 18.2. The number of carbonyl (C=O) groups excluding carboxylic acids is 3. The topological polar surface area (TPSA) is 185 Å². The van der Waals surface area contributed by atoms with E-state index in [9.17, 15) is 29.5 Å². The fourth-order valence-corrected chi connectivity index (χ4v) is 6.56. The van der Waals surface area contributed by atoms with Gasteiger partial charge in [0.25, 0.3) is 11.8 Å². The van der Waals surface area contributed by atoms with Crippen LogP contribution in [0.1, 0.15) is 27.7 Å². The Kier molecular flexibility index (Phi) is 5.56. The number of carboxylic acid groups (broad SMARTS) is 1. The van der Waals surface area contributed by atoms with E-state index in [-0.39, 0.29) is 27.8 Å². The van der Waals surface area contributed by atoms with Gasteiger partial charge in [0.15, 0.2) is 22.5 Å². The maximum Gasteiger partial charge on any atom is 0.352 e. The van der Waals surface area contributed by atoms with Crippen molar-refractivity contribution in [2.45, 2.75) is 17.0 Å². The van der Waals surface area contributed by atoms with Crippen molar-refractivity contribution in [1.29, 1.82) is 0 Å². The number of nitrogen functional groups attached to an aromatic ring is 1. The van der Waals surface area contributed by atoms with Gasteiger partial charge >= 0.3 is 11.9 Å². The van der Waals surface area contributed by atoms with Gasteiger partial charge in [-0.2, -0.15) is 0 Å². The highest BCUT2D eigenvalue weighted by molar-refractivity contribution is 8.00. The number of carbonyl (C=O) groups is 4. The Morgan fingerprint density at radius 1 is 1.36 bits per heavy atom. The van der Waals surface area contributed by atoms with Crippen LogP contribution in [0.2, 0.25) is 0 Å². The van der Waals surface area contributed by atoms with Gasteiger partial charge in [0.2, 0.25) is 0 Å². The van der Waals surface area contributed by atoms with E-state index in [0.717, 1.165) is 16.2 Å². The lowest BCUT2D eigenvalue weighted by Crippen LogP contribution is -2.82. The van der Waals surface area contributed by atoms with Crippen LogP contribution in [0.4, 0.5) is 5.13 Å². The number of benzene rings is 1. The Morgan fingerprint density at radius 3 is 2.75 bits per heavy atom. The molecule has 3 aliphatic rings. The molecule has 4 heterocycles. The van der Waals surface area contributed by atoms with Crippen molar-refractivity contribution in [2.75, 3.05) is 11.5 Å². The molecule has 12 nitrogen and oxygen atoms in total. The minimum Gasteiger partial charge on any atom is -0.477 e. The second-order valence-electron chi connectivity index (χ2n) is 7.94. The summed E-state index contributed by atoms with van der Waals surface area (Å²) in [4.78, 5) is 56.8. The molecule has 1 fully saturated rings. The van der Waals surface area contributed by atoms with Crippen LogP contribution in [0, 0.1) is 0 Å². The highest BCUT2D eigenvalue weighted by atomic mass is 32.2. The number of allylic oxidation sites excluding steroid dienone is 1. The van der Waals surface area contributed by atoms with Gasteiger partial charge in [-0.15, -0.1) is 23.1 Å². The molecule has 36 heavy (non-hydrogen) atoms. The third-order valence-electron chi connectivity index (χ3n) is 6.09. The standard InChI is InChI=1S/C22H17N5O7S2/c1-2-9-7-35-20-22(19(32)27(20)14(9)17(29)30,15-10-5-3-4-6-11(10)18(31)34-15)25-16(28)13(26-33)12-8-36-21(23)24-12/h2-6,8,15,20,33H,1,7H2,(H2,23,24)(H,25,28)(H,29,30)/t15?,20-,22?/m1/s1. The Balaban J connectivity index is 1.62. The summed E-state index contributed by atoms with van der Waals surface area (Å²) in [6, 6.07) is 6.39. The largest absolute Gasteiger partial charge is 0.477 e. The molecule has 0 spiro atoms. The fraction of sp³-hybridized carbons (Fsp3) is 0.182. The van der Waals surface area contributed by atoms with Crippen molar-refractivity contribution < 1.29 is 34.2 Å². The summed E-state index contributed by atoms with van der Waals surface area (Å²) in [6.45, 7) is 3.63. The van der Waals surface area contributed by atoms with E-state index in [2.05, 4.69) is 22.0 Å². The monoisotopic (exact) mass is 527 g/mol. The van der Waals surface area contributed by atoms with Gasteiger partial charge in [-0.3, -0.25) is 14.5 Å². The lowest BCUT2D eigenvalue weighted by atomic mass is 9.77. The van der Waals surface area contributed by atoms with E-state index in [0.29, 0.717) is 11.1 Å². The third kappa shape index (κ3) is 3.21. The number of fused-ring (bicyclic) bond motifs is 2. The molecule has 0 aliphatic carbocycles. The zero-order valence-corrected chi connectivity index (χ0v) is 19.8. The minimum absolute atomic E-state index is 0.0311. The number of hydrogen-bond donors (Lipinski definition) is 4. The molecule has 1 saturated heterocycles. The molecule has 14 heteroatoms. The molecule has 3 atom stereocenters. The summed E-state index contributed by atoms with van der Waals surface area (Å²) in [6.07, 6.45) is 0.0826. The van der Waals surface area contributed by atoms with Gasteiger partial charge in [0.1, 0.15) is 16.8 Å². The molecular formula is C22H17N5O7S2. The van der Waals surface area contributed by atoms with E-state index in [4.69, 9.17) is 10.5 Å². The lowest BCUT2D eigenvalue weighted by molar-refractivity contribution is -0.167. The molecule has 184 valence electrons. The average Bonchev–Trinajstić information content (AvgIpc) is 3.44. The third-order valence-corrected chi connectivity index (χ3v) is 8.14. The molecule has 1 aromatic carbocycles. The molecule has 1 aromatic heterocycles. The summed E-state index contributed by atoms with van der Waals surface area (Å²) in [5.41, 5.74) is 3.80. The van der Waals surface area contributed by atoms with E-state index in [1.165, 1.54) is 29.3 Å². The van der Waals surface area contributed by atoms with Crippen LogP contribution in [-0.2, 0) is 19.1 Å². The number of cyclic esters (lactones) is 1. The number of oxime groups is 1. The first kappa shape index (κ1) is 23.6. The lowest BCUT2D eigenvalue weighted by Gasteiger charge is -2.58. The number of nitrogens with zero attached hydrogens (tertiary/aromatic N) is 3. The van der Waals surface area contributed by atoms with Crippen LogP contribution >= 0.6 is 23.1 Å². The number of β-lactam (4-membered cyclic amide) rings is 1. The first-order valence-corrected chi connectivity index (χ1v) is 12.3. The molecule has 0 saturated carbocycles. The quantitative estimate of drug-likeness (QED) is 0.139. The molecule has 2 aromatic rings. The Hall–Kier alpha value is -4.17. The van der Waals surface area contributed by atoms with Crippen molar-refractivity contribution in [3.8, 4) is 0 Å². The van der Waals surface area contributed by atoms with Gasteiger partial charge in [-0.25, -0.2) is 14.6 Å². The van der Waals surface area contributed by atoms with Crippen LogP contribution < -0.4 is 11.1 Å². The number of nitrogens with two attached hydrogens (primary N) is 1. The molecule has 2 unspecified atom stereocenters. The predicted molar refractivity (Wildman–Crippen MR) is 128 cm³/mol. The Bertz CT molecular complexity index is 1420. The van der Waals surface area contributed by atoms with Gasteiger partial charge in [-0.1, -0.05) is 36.0 Å². The van der Waals surface area contributed by atoms with E-state index in [1.807, 2.05) is 0 Å². The first-order valence-electron chi connectivity index (χ1n) is 10.3. The predicted octanol–water partition coefficient (Wildman–Crippen LogP) is 1.11. The molecule has 0 radical (unpaired) electrons. The van der Waals surface area contributed by atoms with Crippen LogP contribution in [-0.4, -0.2) is 66.3 Å². The second kappa shape index (κ2) is 8.49. The fourth-order valence-electron chi connectivity index (χ4n) is 4.52. The molecule has 2 amide bonds. The van der Waals surface area contributed by atoms with E-state index < -0.39 is 46.5 Å². The Morgan fingerprint density at radius 2 is 2.11 bits per heavy atom. The smallest absolute Gasteiger partial charge is 0.352 e. The summed E-state index contributed by atoms with van der Waals surface area (Å²) < 4.78 is 5.60. The van der Waals surface area contributed by atoms with Crippen molar-refractivity contribution in [2.24, 2.45) is 5.16 Å². The number of thioether (sulfide) groups is 1. The minimum atomic E-state index is -1.91. The van der Waals surface area contributed by atoms with Crippen molar-refractivity contribution in [1.82, 2.24) is 15.2 Å². The molecule has 0 bridgehead atoms. The number of ether oxygens (including phenoxy) is 1. The van der Waals surface area contributed by atoms with Crippen molar-refractivity contribution in [3.63, 3.8) is 0 Å². The normalized spacial score (nSPS) is 25.0. The van der Waals surface area contributed by atoms with Crippen LogP contribution in [0.15, 0.2) is 58.7 Å². The molecular weight excluding hydrogens is 510 g/mol. The second-order valence-corrected chi connectivity index (χ2v) is 9.90. The van der Waals surface area contributed by atoms with Gasteiger partial charge in [0.05, 0.1) is 5.56 Å². The van der Waals surface area contributed by atoms with Gasteiger partial charge in [-0.05, 0) is 11.6 Å². The number of carboxylic acids is 1. The number of aliphatic carboxylic acids is 1. The number of aromatic nitrogens is 1. The molecule has 5 rings (SSSR count). The number of hydrogen-bond acceptors (Lipinski definition) is 11. The number of esters is 1. The van der Waals surface area contributed by atoms with Gasteiger partial charge < -0.3 is 26.1 Å². The summed E-state index contributed by atoms with van der Waals surface area (Å²) in [7, 11) is 0. The summed E-state index contributed by atoms with van der Waals surface area (Å²) in [5.74, 6) is -3.67. The number of rotatable bonds is 6. The zero-order chi connectivity index (χ0) is 25.8. The molecule has 5 N–H and O–H groups in total. The molecule has 3 aliphatic heterocycles. The SMILES string of the molecule is C=CC1=C(C(=O)O)N2C(=O)C(NC(=O)C(=NO)c3csc(N)n3)(C3OC(=O)c4ccccc43)[C@H]2SC1. The number of amides is 2. The van der Waals surface area contributed by atoms with E-state index >= 15 is 0 Å². The van der Waals surface area contributed by atoms with Crippen LogP contribution in [0.25, 0.3) is 0 Å². The van der Waals surface area contributed by atoms with Crippen LogP contribution in [0.3, 0.4) is 0 Å². The van der Waals surface area contributed by atoms with Crippen molar-refractivity contribution >= 4 is 57.7 Å². The first-order chi connectivity index (χ1) is 17.2. The van der Waals surface area contributed by atoms with Crippen molar-refractivity contribution in [3.05, 3.63) is 70.4 Å². The van der Waals surface area contributed by atoms with E-state index in [1.54, 1.807) is 18.2 Å². The van der Waals surface area contributed by atoms with Gasteiger partial charge in [0, 0.05) is 16.7 Å². The number of nitrogens with one attached hydrogen (secondary N) is 1.